The van der Waals surface area contributed by atoms with Crippen molar-refractivity contribution in [2.24, 2.45) is 0 Å². The Morgan fingerprint density at radius 2 is 2.20 bits per heavy atom. The highest BCUT2D eigenvalue weighted by Crippen LogP contribution is 2.09. The van der Waals surface area contributed by atoms with E-state index >= 15 is 0 Å². The Labute approximate surface area is 120 Å². The number of nitrogens with one attached hydrogen (secondary N) is 1. The van der Waals surface area contributed by atoms with Crippen molar-refractivity contribution in [1.82, 2.24) is 10.2 Å². The second-order valence-corrected chi connectivity index (χ2v) is 5.23. The molecular weight excluding hydrogens is 256 g/mol. The first-order valence-electron chi connectivity index (χ1n) is 7.38. The first kappa shape index (κ1) is 15.1. The van der Waals surface area contributed by atoms with Gasteiger partial charge >= 0.3 is 5.97 Å². The number of methoxy groups -OCH3 is 1. The highest BCUT2D eigenvalue weighted by Gasteiger charge is 2.10. The first-order valence-corrected chi connectivity index (χ1v) is 7.38. The number of likely N-dealkylation sites (tertiary alicyclic amines) is 1. The lowest BCUT2D eigenvalue weighted by Gasteiger charge is -2.26. The molecule has 0 aliphatic carbocycles. The van der Waals surface area contributed by atoms with E-state index in [1.807, 2.05) is 0 Å². The molecule has 0 saturated carbocycles. The number of furan rings is 1. The molecule has 1 aromatic heterocycles. The van der Waals surface area contributed by atoms with Gasteiger partial charge in [0.15, 0.2) is 0 Å². The van der Waals surface area contributed by atoms with E-state index in [-0.39, 0.29) is 5.97 Å². The second kappa shape index (κ2) is 8.07. The van der Waals surface area contributed by atoms with Gasteiger partial charge in [-0.05, 0) is 51.5 Å². The summed E-state index contributed by atoms with van der Waals surface area (Å²) < 4.78 is 9.95. The largest absolute Gasteiger partial charge is 0.467 e. The summed E-state index contributed by atoms with van der Waals surface area (Å²) >= 11 is 0. The van der Waals surface area contributed by atoms with E-state index in [9.17, 15) is 4.79 Å². The summed E-state index contributed by atoms with van der Waals surface area (Å²) in [5, 5.41) is 3.34. The van der Waals surface area contributed by atoms with Crippen LogP contribution in [0.4, 0.5) is 0 Å². The molecule has 0 atom stereocenters. The van der Waals surface area contributed by atoms with Gasteiger partial charge in [-0.15, -0.1) is 0 Å². The van der Waals surface area contributed by atoms with E-state index in [1.54, 1.807) is 6.07 Å². The number of esters is 1. The van der Waals surface area contributed by atoms with Gasteiger partial charge < -0.3 is 19.4 Å². The van der Waals surface area contributed by atoms with E-state index in [2.05, 4.69) is 15.0 Å². The molecule has 2 heterocycles. The minimum absolute atomic E-state index is 0.356. The molecule has 1 fully saturated rings. The summed E-state index contributed by atoms with van der Waals surface area (Å²) in [5.41, 5.74) is 0.470. The fraction of sp³-hybridized carbons (Fsp3) is 0.667. The van der Waals surface area contributed by atoms with Crippen molar-refractivity contribution >= 4 is 5.97 Å². The molecule has 5 nitrogen and oxygen atoms in total. The summed E-state index contributed by atoms with van der Waals surface area (Å²) in [7, 11) is 1.37. The molecule has 112 valence electrons. The molecule has 0 unspecified atom stereocenters. The van der Waals surface area contributed by atoms with Crippen molar-refractivity contribution in [2.75, 3.05) is 33.3 Å². The standard InChI is InChI=1S/C15H24N2O3/c1-19-15(18)13-10-14(20-12-13)11-16-6-5-9-17-7-3-2-4-8-17/h10,12,16H,2-9,11H2,1H3. The van der Waals surface area contributed by atoms with Crippen LogP contribution in [0, 0.1) is 0 Å². The Kier molecular flexibility index (Phi) is 6.08. The van der Waals surface area contributed by atoms with Crippen molar-refractivity contribution < 1.29 is 13.9 Å². The molecule has 20 heavy (non-hydrogen) atoms. The van der Waals surface area contributed by atoms with Crippen molar-refractivity contribution in [3.63, 3.8) is 0 Å². The van der Waals surface area contributed by atoms with Crippen LogP contribution in [0.25, 0.3) is 0 Å². The molecular formula is C15H24N2O3. The van der Waals surface area contributed by atoms with E-state index in [0.717, 1.165) is 18.7 Å². The number of hydrogen-bond acceptors (Lipinski definition) is 5. The second-order valence-electron chi connectivity index (χ2n) is 5.23. The highest BCUT2D eigenvalue weighted by molar-refractivity contribution is 5.88. The van der Waals surface area contributed by atoms with Crippen LogP contribution < -0.4 is 5.32 Å². The van der Waals surface area contributed by atoms with Crippen molar-refractivity contribution in [3.05, 3.63) is 23.7 Å². The Balaban J connectivity index is 1.58. The Morgan fingerprint density at radius 1 is 1.40 bits per heavy atom. The molecule has 0 amide bonds. The van der Waals surface area contributed by atoms with Crippen LogP contribution in [0.15, 0.2) is 16.7 Å². The van der Waals surface area contributed by atoms with Gasteiger partial charge in [-0.1, -0.05) is 6.42 Å². The van der Waals surface area contributed by atoms with Crippen LogP contribution in [-0.2, 0) is 11.3 Å². The minimum Gasteiger partial charge on any atom is -0.467 e. The molecule has 1 N–H and O–H groups in total. The summed E-state index contributed by atoms with van der Waals surface area (Å²) in [6, 6.07) is 1.73. The number of carbonyl (C=O) groups excluding carboxylic acids is 1. The number of ether oxygens (including phenoxy) is 1. The van der Waals surface area contributed by atoms with Crippen LogP contribution in [-0.4, -0.2) is 44.2 Å². The van der Waals surface area contributed by atoms with Crippen molar-refractivity contribution in [1.29, 1.82) is 0 Å². The monoisotopic (exact) mass is 280 g/mol. The lowest BCUT2D eigenvalue weighted by Crippen LogP contribution is -2.32. The first-order chi connectivity index (χ1) is 9.79. The Hall–Kier alpha value is -1.33. The van der Waals surface area contributed by atoms with E-state index in [0.29, 0.717) is 12.1 Å². The van der Waals surface area contributed by atoms with Gasteiger partial charge in [-0.3, -0.25) is 0 Å². The van der Waals surface area contributed by atoms with E-state index < -0.39 is 0 Å². The van der Waals surface area contributed by atoms with E-state index in [1.165, 1.54) is 52.3 Å². The summed E-state index contributed by atoms with van der Waals surface area (Å²) in [4.78, 5) is 13.8. The van der Waals surface area contributed by atoms with Gasteiger partial charge in [0.05, 0.1) is 19.2 Å². The van der Waals surface area contributed by atoms with Gasteiger partial charge in [-0.2, -0.15) is 0 Å². The number of carbonyl (C=O) groups is 1. The van der Waals surface area contributed by atoms with Gasteiger partial charge in [-0.25, -0.2) is 4.79 Å². The molecule has 5 heteroatoms. The SMILES string of the molecule is COC(=O)c1coc(CNCCCN2CCCCC2)c1. The van der Waals surface area contributed by atoms with Gasteiger partial charge in [0, 0.05) is 0 Å². The van der Waals surface area contributed by atoms with Gasteiger partial charge in [0.1, 0.15) is 12.0 Å². The Morgan fingerprint density at radius 3 is 2.95 bits per heavy atom. The van der Waals surface area contributed by atoms with Crippen LogP contribution in [0.1, 0.15) is 41.8 Å². The van der Waals surface area contributed by atoms with Crippen LogP contribution in [0.5, 0.6) is 0 Å². The maximum absolute atomic E-state index is 11.3. The number of hydrogen-bond donors (Lipinski definition) is 1. The number of piperidine rings is 1. The minimum atomic E-state index is -0.356. The maximum Gasteiger partial charge on any atom is 0.341 e. The zero-order valence-electron chi connectivity index (χ0n) is 12.2. The topological polar surface area (TPSA) is 54.7 Å². The summed E-state index contributed by atoms with van der Waals surface area (Å²) in [5.74, 6) is 0.411. The molecule has 1 aliphatic rings. The predicted molar refractivity (Wildman–Crippen MR) is 76.7 cm³/mol. The zero-order valence-corrected chi connectivity index (χ0v) is 12.2. The molecule has 0 radical (unpaired) electrons. The predicted octanol–water partition coefficient (Wildman–Crippen LogP) is 2.03. The molecule has 0 spiro atoms. The lowest BCUT2D eigenvalue weighted by molar-refractivity contribution is 0.0600. The third-order valence-corrected chi connectivity index (χ3v) is 3.65. The molecule has 1 saturated heterocycles. The fourth-order valence-corrected chi connectivity index (χ4v) is 2.52. The van der Waals surface area contributed by atoms with Crippen LogP contribution >= 0.6 is 0 Å². The van der Waals surface area contributed by atoms with Crippen molar-refractivity contribution in [3.8, 4) is 0 Å². The van der Waals surface area contributed by atoms with Gasteiger partial charge in [0.2, 0.25) is 0 Å². The summed E-state index contributed by atoms with van der Waals surface area (Å²) in [6.45, 7) is 5.28. The summed E-state index contributed by atoms with van der Waals surface area (Å²) in [6.07, 6.45) is 6.66. The normalized spacial score (nSPS) is 16.2. The maximum atomic E-state index is 11.3. The molecule has 1 aliphatic heterocycles. The average molecular weight is 280 g/mol. The van der Waals surface area contributed by atoms with Crippen LogP contribution in [0.2, 0.25) is 0 Å². The highest BCUT2D eigenvalue weighted by atomic mass is 16.5. The van der Waals surface area contributed by atoms with Crippen molar-refractivity contribution in [2.45, 2.75) is 32.2 Å². The number of rotatable bonds is 7. The number of nitrogens with zero attached hydrogens (tertiary/aromatic N) is 1. The van der Waals surface area contributed by atoms with E-state index in [4.69, 9.17) is 4.42 Å². The molecule has 0 bridgehead atoms. The lowest BCUT2D eigenvalue weighted by atomic mass is 10.1. The average Bonchev–Trinajstić information content (AvgIpc) is 2.96. The third-order valence-electron chi connectivity index (χ3n) is 3.65. The van der Waals surface area contributed by atoms with Gasteiger partial charge in [0.25, 0.3) is 0 Å². The Bertz CT molecular complexity index is 411. The molecule has 0 aromatic carbocycles. The third kappa shape index (κ3) is 4.65. The quantitative estimate of drug-likeness (QED) is 0.612. The molecule has 1 aromatic rings. The van der Waals surface area contributed by atoms with Crippen LogP contribution in [0.3, 0.4) is 0 Å². The smallest absolute Gasteiger partial charge is 0.341 e. The fourth-order valence-electron chi connectivity index (χ4n) is 2.52. The zero-order chi connectivity index (χ0) is 14.2. The molecule has 2 rings (SSSR count).